The van der Waals surface area contributed by atoms with Gasteiger partial charge < -0.3 is 10.6 Å². The number of nitrogens with one attached hydrogen (secondary N) is 2. The Morgan fingerprint density at radius 3 is 2.32 bits per heavy atom. The highest BCUT2D eigenvalue weighted by molar-refractivity contribution is 8.00. The number of hydrogen-bond acceptors (Lipinski definition) is 4. The van der Waals surface area contributed by atoms with E-state index in [9.17, 15) is 18.8 Å². The molecule has 0 fully saturated rings. The zero-order valence-electron chi connectivity index (χ0n) is 23.5. The number of fused-ring (bicyclic) bond motifs is 3. The molecule has 5 aromatic carbocycles. The largest absolute Gasteiger partial charge is 0.321 e. The second-order valence-corrected chi connectivity index (χ2v) is 11.3. The molecule has 2 amide bonds. The number of thioether (sulfide) groups is 1. The number of halogens is 1. The number of anilines is 1. The lowest BCUT2D eigenvalue weighted by molar-refractivity contribution is -0.113. The van der Waals surface area contributed by atoms with Gasteiger partial charge >= 0.3 is 0 Å². The molecule has 5 aromatic rings. The first kappa shape index (κ1) is 28.8. The van der Waals surface area contributed by atoms with E-state index >= 15 is 0 Å². The molecule has 1 aliphatic carbocycles. The van der Waals surface area contributed by atoms with Crippen LogP contribution in [0.2, 0.25) is 0 Å². The average Bonchev–Trinajstić information content (AvgIpc) is 3.43. The van der Waals surface area contributed by atoms with Crippen LogP contribution in [0.25, 0.3) is 17.2 Å². The molecule has 0 unspecified atom stereocenters. The fourth-order valence-corrected chi connectivity index (χ4v) is 5.95. The van der Waals surface area contributed by atoms with Crippen molar-refractivity contribution in [3.8, 4) is 11.1 Å². The van der Waals surface area contributed by atoms with Crippen molar-refractivity contribution in [2.45, 2.75) is 11.3 Å². The molecule has 0 radical (unpaired) electrons. The van der Waals surface area contributed by atoms with E-state index in [1.807, 2.05) is 36.4 Å². The number of ketones is 1. The summed E-state index contributed by atoms with van der Waals surface area (Å²) in [7, 11) is 0. The first-order valence-electron chi connectivity index (χ1n) is 14.1. The third kappa shape index (κ3) is 6.53. The number of Topliss-reactive ketones (excluding diaryl/α,β-unsaturated/α-hetero) is 1. The van der Waals surface area contributed by atoms with Gasteiger partial charge in [-0.15, -0.1) is 11.8 Å². The predicted molar refractivity (Wildman–Crippen MR) is 173 cm³/mol. The van der Waals surface area contributed by atoms with Crippen molar-refractivity contribution >= 4 is 41.1 Å². The molecule has 1 aliphatic rings. The maximum atomic E-state index is 14.4. The highest BCUT2D eigenvalue weighted by Crippen LogP contribution is 2.37. The summed E-state index contributed by atoms with van der Waals surface area (Å²) in [6.45, 7) is 0. The maximum absolute atomic E-state index is 14.4. The molecule has 0 aromatic heterocycles. The van der Waals surface area contributed by atoms with Crippen molar-refractivity contribution in [1.29, 1.82) is 0 Å². The summed E-state index contributed by atoms with van der Waals surface area (Å²) in [5, 5.41) is 5.41. The van der Waals surface area contributed by atoms with Crippen LogP contribution in [-0.4, -0.2) is 23.4 Å². The van der Waals surface area contributed by atoms with Crippen molar-refractivity contribution in [3.05, 3.63) is 161 Å². The fourth-order valence-electron chi connectivity index (χ4n) is 5.10. The standard InChI is InChI=1S/C37H27FN2O3S/c38-33-16-7-5-12-26(33)21-34(40-36(42)24-9-2-1-3-10-24)37(43)39-29-13-8-14-30(22-29)44-23-35(41)27-17-18-32-28(20-27)19-25-11-4-6-15-31(25)32/h1-18,20-22H,19,23H2,(H,39,43)(H,40,42)/b34-21-. The Balaban J connectivity index is 1.14. The van der Waals surface area contributed by atoms with Crippen molar-refractivity contribution in [1.82, 2.24) is 5.32 Å². The van der Waals surface area contributed by atoms with Crippen LogP contribution in [0.1, 0.15) is 37.4 Å². The highest BCUT2D eigenvalue weighted by atomic mass is 32.2. The highest BCUT2D eigenvalue weighted by Gasteiger charge is 2.20. The van der Waals surface area contributed by atoms with Gasteiger partial charge in [0.25, 0.3) is 11.8 Å². The molecule has 216 valence electrons. The van der Waals surface area contributed by atoms with E-state index in [1.54, 1.807) is 60.7 Å². The van der Waals surface area contributed by atoms with Gasteiger partial charge in [0.1, 0.15) is 11.5 Å². The van der Waals surface area contributed by atoms with Gasteiger partial charge in [-0.05, 0) is 77.2 Å². The van der Waals surface area contributed by atoms with Gasteiger partial charge in [-0.3, -0.25) is 14.4 Å². The molecule has 0 atom stereocenters. The zero-order valence-corrected chi connectivity index (χ0v) is 24.4. The molecule has 5 nitrogen and oxygen atoms in total. The van der Waals surface area contributed by atoms with E-state index in [0.29, 0.717) is 16.8 Å². The molecule has 0 bridgehead atoms. The summed E-state index contributed by atoms with van der Waals surface area (Å²) in [5.41, 5.74) is 6.37. The molecule has 0 saturated heterocycles. The monoisotopic (exact) mass is 598 g/mol. The molecule has 44 heavy (non-hydrogen) atoms. The third-order valence-corrected chi connectivity index (χ3v) is 8.31. The lowest BCUT2D eigenvalue weighted by Crippen LogP contribution is -2.30. The Morgan fingerprint density at radius 1 is 0.727 bits per heavy atom. The van der Waals surface area contributed by atoms with Gasteiger partial charge in [-0.1, -0.05) is 78.9 Å². The van der Waals surface area contributed by atoms with Crippen LogP contribution in [-0.2, 0) is 11.2 Å². The van der Waals surface area contributed by atoms with Crippen LogP contribution in [0.3, 0.4) is 0 Å². The van der Waals surface area contributed by atoms with Crippen molar-refractivity contribution in [2.24, 2.45) is 0 Å². The van der Waals surface area contributed by atoms with Gasteiger partial charge in [-0.25, -0.2) is 4.39 Å². The molecular weight excluding hydrogens is 571 g/mol. The van der Waals surface area contributed by atoms with Crippen molar-refractivity contribution < 1.29 is 18.8 Å². The Morgan fingerprint density at radius 2 is 1.48 bits per heavy atom. The molecule has 7 heteroatoms. The number of hydrogen-bond donors (Lipinski definition) is 2. The number of carbonyl (C=O) groups excluding carboxylic acids is 3. The van der Waals surface area contributed by atoms with Crippen LogP contribution >= 0.6 is 11.8 Å². The van der Waals surface area contributed by atoms with Gasteiger partial charge in [0, 0.05) is 27.3 Å². The summed E-state index contributed by atoms with van der Waals surface area (Å²) in [6, 6.07) is 35.7. The van der Waals surface area contributed by atoms with Crippen molar-refractivity contribution in [2.75, 3.05) is 11.1 Å². The molecule has 6 rings (SSSR count). The Labute approximate surface area is 258 Å². The van der Waals surface area contributed by atoms with Crippen LogP contribution in [0.15, 0.2) is 132 Å². The number of amides is 2. The minimum Gasteiger partial charge on any atom is -0.321 e. The average molecular weight is 599 g/mol. The third-order valence-electron chi connectivity index (χ3n) is 7.31. The zero-order chi connectivity index (χ0) is 30.5. The lowest BCUT2D eigenvalue weighted by Gasteiger charge is -2.12. The van der Waals surface area contributed by atoms with E-state index in [-0.39, 0.29) is 22.8 Å². The van der Waals surface area contributed by atoms with Gasteiger partial charge in [0.05, 0.1) is 5.75 Å². The summed E-state index contributed by atoms with van der Waals surface area (Å²) in [5.74, 6) is -1.39. The lowest BCUT2D eigenvalue weighted by atomic mass is 10.0. The minimum atomic E-state index is -0.616. The van der Waals surface area contributed by atoms with Crippen LogP contribution in [0.4, 0.5) is 10.1 Å². The number of benzene rings is 5. The second kappa shape index (κ2) is 12.9. The fraction of sp³-hybridized carbons (Fsp3) is 0.0541. The molecule has 0 heterocycles. The summed E-state index contributed by atoms with van der Waals surface area (Å²) >= 11 is 1.37. The normalized spacial score (nSPS) is 11.8. The van der Waals surface area contributed by atoms with Crippen LogP contribution in [0, 0.1) is 5.82 Å². The smallest absolute Gasteiger partial charge is 0.272 e. The summed E-state index contributed by atoms with van der Waals surface area (Å²) < 4.78 is 14.4. The van der Waals surface area contributed by atoms with Crippen LogP contribution in [0.5, 0.6) is 0 Å². The number of rotatable bonds is 9. The van der Waals surface area contributed by atoms with E-state index in [4.69, 9.17) is 0 Å². The van der Waals surface area contributed by atoms with E-state index in [1.165, 1.54) is 46.7 Å². The molecule has 0 spiro atoms. The maximum Gasteiger partial charge on any atom is 0.272 e. The predicted octanol–water partition coefficient (Wildman–Crippen LogP) is 7.78. The Kier molecular flexibility index (Phi) is 8.48. The summed E-state index contributed by atoms with van der Waals surface area (Å²) in [4.78, 5) is 40.1. The minimum absolute atomic E-state index is 0.0157. The first-order valence-corrected chi connectivity index (χ1v) is 15.0. The molecule has 2 N–H and O–H groups in total. The first-order chi connectivity index (χ1) is 21.4. The molecule has 0 saturated carbocycles. The second-order valence-electron chi connectivity index (χ2n) is 10.3. The topological polar surface area (TPSA) is 75.3 Å². The van der Waals surface area contributed by atoms with E-state index in [0.717, 1.165) is 16.9 Å². The quantitative estimate of drug-likeness (QED) is 0.101. The van der Waals surface area contributed by atoms with E-state index in [2.05, 4.69) is 22.8 Å². The molecule has 0 aliphatic heterocycles. The van der Waals surface area contributed by atoms with E-state index < -0.39 is 17.6 Å². The van der Waals surface area contributed by atoms with Crippen molar-refractivity contribution in [3.63, 3.8) is 0 Å². The number of carbonyl (C=O) groups is 3. The SMILES string of the molecule is O=C(Nc1cccc(SCC(=O)c2ccc3c(c2)Cc2ccccc2-3)c1)/C(=C/c1ccccc1F)NC(=O)c1ccccc1. The van der Waals surface area contributed by atoms with Crippen LogP contribution < -0.4 is 10.6 Å². The molecular formula is C37H27FN2O3S. The Bertz CT molecular complexity index is 1920. The Hall–Kier alpha value is -5.27. The van der Waals surface area contributed by atoms with Gasteiger partial charge in [0.2, 0.25) is 0 Å². The van der Waals surface area contributed by atoms with Gasteiger partial charge in [0.15, 0.2) is 5.78 Å². The summed E-state index contributed by atoms with van der Waals surface area (Å²) in [6.07, 6.45) is 2.12. The van der Waals surface area contributed by atoms with Gasteiger partial charge in [-0.2, -0.15) is 0 Å².